The average molecular weight is 637 g/mol. The van der Waals surface area contributed by atoms with Crippen molar-refractivity contribution in [1.29, 1.82) is 0 Å². The van der Waals surface area contributed by atoms with Crippen LogP contribution in [0.3, 0.4) is 0 Å². The lowest BCUT2D eigenvalue weighted by Crippen LogP contribution is -1.96. The lowest BCUT2D eigenvalue weighted by atomic mass is 10.0. The normalized spacial score (nSPS) is 12.5. The van der Waals surface area contributed by atoms with Gasteiger partial charge in [0.2, 0.25) is 0 Å². The first-order valence-electron chi connectivity index (χ1n) is 18.3. The van der Waals surface area contributed by atoms with Crippen LogP contribution in [0.15, 0.2) is 109 Å². The van der Waals surface area contributed by atoms with Gasteiger partial charge in [0.25, 0.3) is 0 Å². The van der Waals surface area contributed by atoms with Gasteiger partial charge in [-0.3, -0.25) is 0 Å². The fraction of sp³-hybridized carbons (Fsp3) is 0.234. The maximum atomic E-state index is 2.49. The number of unbranched alkanes of at least 4 members (excludes halogenated alkanes) is 2. The minimum Gasteiger partial charge on any atom is -0.309 e. The molecular weight excluding hydrogens is 593 g/mol. The Kier molecular flexibility index (Phi) is 7.23. The summed E-state index contributed by atoms with van der Waals surface area (Å²) in [6.45, 7) is 8.96. The van der Waals surface area contributed by atoms with Gasteiger partial charge in [0.1, 0.15) is 0 Å². The van der Waals surface area contributed by atoms with Gasteiger partial charge in [0.15, 0.2) is 0 Å². The second kappa shape index (κ2) is 11.8. The second-order valence-electron chi connectivity index (χ2n) is 14.5. The molecule has 49 heavy (non-hydrogen) atoms. The summed E-state index contributed by atoms with van der Waals surface area (Å²) in [5.41, 5.74) is 18.6. The molecule has 0 unspecified atom stereocenters. The summed E-state index contributed by atoms with van der Waals surface area (Å²) in [5.74, 6) is 0. The summed E-state index contributed by atoms with van der Waals surface area (Å²) in [5, 5.41) is 5.40. The quantitative estimate of drug-likeness (QED) is 0.157. The predicted molar refractivity (Wildman–Crippen MR) is 210 cm³/mol. The summed E-state index contributed by atoms with van der Waals surface area (Å²) < 4.78 is 4.97. The van der Waals surface area contributed by atoms with E-state index in [-0.39, 0.29) is 0 Å². The Labute approximate surface area is 289 Å². The molecule has 2 aromatic heterocycles. The van der Waals surface area contributed by atoms with Crippen LogP contribution >= 0.6 is 0 Å². The number of hydrogen-bond donors (Lipinski definition) is 0. The Morgan fingerprint density at radius 2 is 0.857 bits per heavy atom. The lowest BCUT2D eigenvalue weighted by Gasteiger charge is -2.13. The molecule has 242 valence electrons. The topological polar surface area (TPSA) is 9.86 Å². The van der Waals surface area contributed by atoms with Gasteiger partial charge in [-0.1, -0.05) is 74.2 Å². The van der Waals surface area contributed by atoms with Gasteiger partial charge >= 0.3 is 0 Å². The van der Waals surface area contributed by atoms with E-state index in [1.165, 1.54) is 125 Å². The third kappa shape index (κ3) is 4.92. The Hall–Kier alpha value is -5.08. The van der Waals surface area contributed by atoms with Gasteiger partial charge in [-0.15, -0.1) is 0 Å². The Morgan fingerprint density at radius 1 is 0.449 bits per heavy atom. The highest BCUT2D eigenvalue weighted by molar-refractivity contribution is 6.11. The van der Waals surface area contributed by atoms with Gasteiger partial charge in [0.05, 0.1) is 22.1 Å². The summed E-state index contributed by atoms with van der Waals surface area (Å²) in [6, 6.07) is 42.4. The minimum atomic E-state index is 0.978. The summed E-state index contributed by atoms with van der Waals surface area (Å²) in [7, 11) is 0. The van der Waals surface area contributed by atoms with E-state index in [4.69, 9.17) is 0 Å². The smallest absolute Gasteiger partial charge is 0.0541 e. The third-order valence-electron chi connectivity index (χ3n) is 11.0. The van der Waals surface area contributed by atoms with Crippen LogP contribution in [-0.4, -0.2) is 9.13 Å². The van der Waals surface area contributed by atoms with Crippen LogP contribution in [0.25, 0.3) is 66.1 Å². The van der Waals surface area contributed by atoms with E-state index in [2.05, 4.69) is 146 Å². The van der Waals surface area contributed by atoms with E-state index in [9.17, 15) is 0 Å². The van der Waals surface area contributed by atoms with Crippen LogP contribution in [0.1, 0.15) is 72.9 Å². The highest BCUT2D eigenvalue weighted by Crippen LogP contribution is 2.42. The van der Waals surface area contributed by atoms with Crippen molar-refractivity contribution in [3.8, 4) is 22.5 Å². The van der Waals surface area contributed by atoms with Crippen LogP contribution in [0.2, 0.25) is 0 Å². The van der Waals surface area contributed by atoms with Crippen molar-refractivity contribution in [2.45, 2.75) is 72.6 Å². The number of nitrogens with zero attached hydrogens (tertiary/aromatic N) is 2. The predicted octanol–water partition coefficient (Wildman–Crippen LogP) is 12.8. The number of benzene rings is 6. The van der Waals surface area contributed by atoms with Crippen molar-refractivity contribution < 1.29 is 0 Å². The van der Waals surface area contributed by atoms with Crippen molar-refractivity contribution in [3.63, 3.8) is 0 Å². The average Bonchev–Trinajstić information content (AvgIpc) is 3.75. The standard InChI is InChI=1S/C47H44N2/c1-5-7-9-32-13-21-46-42(25-32)40-23-30(3)11-19-44(40)48(46)36-17-15-34-27-35-16-18-37(29-39(35)38(34)28-36)49-45-20-12-31(4)24-41(45)43-26-33(10-8-6-2)14-22-47(43)49/h11-26,28-29H,5-10,27H2,1-4H3. The van der Waals surface area contributed by atoms with Crippen LogP contribution in [0.5, 0.6) is 0 Å². The zero-order valence-electron chi connectivity index (χ0n) is 29.2. The number of rotatable bonds is 8. The van der Waals surface area contributed by atoms with Crippen molar-refractivity contribution >= 4 is 43.6 Å². The van der Waals surface area contributed by atoms with Crippen molar-refractivity contribution in [3.05, 3.63) is 143 Å². The first-order chi connectivity index (χ1) is 24.0. The SMILES string of the molecule is CCCCc1ccc2c(c1)c1cc(C)ccc1n2-c1ccc2c(c1)-c1cc(-n3c4ccc(C)cc4c4cc(CCCC)ccc43)ccc1C2. The summed E-state index contributed by atoms with van der Waals surface area (Å²) in [6.07, 6.45) is 8.13. The number of hydrogen-bond acceptors (Lipinski definition) is 0. The molecule has 2 nitrogen and oxygen atoms in total. The van der Waals surface area contributed by atoms with E-state index in [1.807, 2.05) is 0 Å². The number of aryl methyl sites for hydroxylation is 4. The monoisotopic (exact) mass is 636 g/mol. The molecule has 0 saturated heterocycles. The summed E-state index contributed by atoms with van der Waals surface area (Å²) >= 11 is 0. The van der Waals surface area contributed by atoms with E-state index < -0.39 is 0 Å². The van der Waals surface area contributed by atoms with Crippen LogP contribution in [-0.2, 0) is 19.3 Å². The number of aromatic nitrogens is 2. The molecule has 8 aromatic rings. The maximum absolute atomic E-state index is 2.49. The molecule has 0 spiro atoms. The van der Waals surface area contributed by atoms with Crippen molar-refractivity contribution in [2.24, 2.45) is 0 Å². The van der Waals surface area contributed by atoms with E-state index in [0.29, 0.717) is 0 Å². The molecule has 0 fully saturated rings. The van der Waals surface area contributed by atoms with Crippen molar-refractivity contribution in [1.82, 2.24) is 9.13 Å². The molecule has 0 amide bonds. The fourth-order valence-electron chi connectivity index (χ4n) is 8.42. The minimum absolute atomic E-state index is 0.978. The lowest BCUT2D eigenvalue weighted by molar-refractivity contribution is 0.796. The molecule has 0 N–H and O–H groups in total. The highest BCUT2D eigenvalue weighted by Gasteiger charge is 2.23. The van der Waals surface area contributed by atoms with Gasteiger partial charge < -0.3 is 9.13 Å². The molecule has 0 radical (unpaired) electrons. The molecule has 0 bridgehead atoms. The zero-order chi connectivity index (χ0) is 33.2. The number of fused-ring (bicyclic) bond motifs is 9. The molecule has 0 atom stereocenters. The van der Waals surface area contributed by atoms with Crippen LogP contribution in [0.4, 0.5) is 0 Å². The largest absolute Gasteiger partial charge is 0.309 e. The van der Waals surface area contributed by atoms with E-state index in [0.717, 1.165) is 19.3 Å². The Balaban J connectivity index is 1.20. The van der Waals surface area contributed by atoms with Gasteiger partial charge in [-0.05, 0) is 152 Å². The summed E-state index contributed by atoms with van der Waals surface area (Å²) in [4.78, 5) is 0. The highest BCUT2D eigenvalue weighted by atomic mass is 15.0. The molecule has 2 heteroatoms. The Morgan fingerprint density at radius 3 is 1.29 bits per heavy atom. The molecule has 2 heterocycles. The molecule has 1 aliphatic rings. The molecule has 6 aromatic carbocycles. The Bertz CT molecular complexity index is 2390. The van der Waals surface area contributed by atoms with Crippen LogP contribution in [0, 0.1) is 13.8 Å². The third-order valence-corrected chi connectivity index (χ3v) is 11.0. The molecule has 9 rings (SSSR count). The van der Waals surface area contributed by atoms with Gasteiger partial charge in [0, 0.05) is 32.9 Å². The van der Waals surface area contributed by atoms with Crippen molar-refractivity contribution in [2.75, 3.05) is 0 Å². The van der Waals surface area contributed by atoms with Gasteiger partial charge in [-0.2, -0.15) is 0 Å². The fourth-order valence-corrected chi connectivity index (χ4v) is 8.42. The second-order valence-corrected chi connectivity index (χ2v) is 14.5. The first kappa shape index (κ1) is 30.0. The maximum Gasteiger partial charge on any atom is 0.0541 e. The first-order valence-corrected chi connectivity index (χ1v) is 18.3. The molecule has 1 aliphatic carbocycles. The van der Waals surface area contributed by atoms with E-state index in [1.54, 1.807) is 0 Å². The van der Waals surface area contributed by atoms with E-state index >= 15 is 0 Å². The molecule has 0 saturated carbocycles. The molecular formula is C47H44N2. The van der Waals surface area contributed by atoms with Gasteiger partial charge in [-0.25, -0.2) is 0 Å². The zero-order valence-corrected chi connectivity index (χ0v) is 29.2. The van der Waals surface area contributed by atoms with Crippen LogP contribution < -0.4 is 0 Å². The molecule has 0 aliphatic heterocycles.